The molecule has 0 aliphatic carbocycles. The van der Waals surface area contributed by atoms with Gasteiger partial charge in [0.1, 0.15) is 19.3 Å². The summed E-state index contributed by atoms with van der Waals surface area (Å²) in [6.07, 6.45) is 36.4. The number of rotatable bonds is 63. The molecular weight excluding hydrogens is 1130 g/mol. The molecule has 504 valence electrons. The van der Waals surface area contributed by atoms with Crippen LogP contribution in [0.5, 0.6) is 0 Å². The van der Waals surface area contributed by atoms with E-state index in [0.717, 1.165) is 114 Å². The predicted molar refractivity (Wildman–Crippen MR) is 340 cm³/mol. The number of carbonyl (C=O) groups is 4. The van der Waals surface area contributed by atoms with Crippen molar-refractivity contribution in [3.05, 3.63) is 0 Å². The van der Waals surface area contributed by atoms with Crippen molar-refractivity contribution in [1.29, 1.82) is 0 Å². The van der Waals surface area contributed by atoms with Crippen LogP contribution in [0.2, 0.25) is 0 Å². The quantitative estimate of drug-likeness (QED) is 0.0222. The highest BCUT2D eigenvalue weighted by molar-refractivity contribution is 7.47. The van der Waals surface area contributed by atoms with Crippen molar-refractivity contribution >= 4 is 39.5 Å². The van der Waals surface area contributed by atoms with Crippen molar-refractivity contribution in [3.63, 3.8) is 0 Å². The molecule has 17 nitrogen and oxygen atoms in total. The number of ether oxygens (including phenoxy) is 4. The van der Waals surface area contributed by atoms with E-state index in [4.69, 9.17) is 37.0 Å². The molecule has 0 heterocycles. The summed E-state index contributed by atoms with van der Waals surface area (Å²) in [7, 11) is -9.89. The summed E-state index contributed by atoms with van der Waals surface area (Å²) in [6, 6.07) is 0. The molecule has 0 aliphatic heterocycles. The van der Waals surface area contributed by atoms with Gasteiger partial charge in [-0.3, -0.25) is 37.3 Å². The molecule has 85 heavy (non-hydrogen) atoms. The average Bonchev–Trinajstić information content (AvgIpc) is 3.57. The van der Waals surface area contributed by atoms with E-state index in [0.29, 0.717) is 31.6 Å². The second-order valence-electron chi connectivity index (χ2n) is 25.8. The number of aliphatic hydroxyl groups excluding tert-OH is 1. The van der Waals surface area contributed by atoms with Crippen LogP contribution in [0.1, 0.15) is 319 Å². The summed E-state index contributed by atoms with van der Waals surface area (Å²) < 4.78 is 68.1. The molecular formula is C66H128O17P2. The predicted octanol–water partition coefficient (Wildman–Crippen LogP) is 18.1. The second-order valence-corrected chi connectivity index (χ2v) is 28.7. The Morgan fingerprint density at radius 2 is 0.494 bits per heavy atom. The van der Waals surface area contributed by atoms with Gasteiger partial charge in [-0.2, -0.15) is 0 Å². The third-order valence-electron chi connectivity index (χ3n) is 15.1. The highest BCUT2D eigenvalue weighted by Crippen LogP contribution is 2.45. The number of unbranched alkanes of at least 4 members (excludes halogenated alkanes) is 29. The molecule has 0 aliphatic rings. The largest absolute Gasteiger partial charge is 0.472 e. The highest BCUT2D eigenvalue weighted by Gasteiger charge is 2.30. The Morgan fingerprint density at radius 3 is 0.729 bits per heavy atom. The van der Waals surface area contributed by atoms with E-state index in [1.165, 1.54) is 116 Å². The number of hydrogen-bond donors (Lipinski definition) is 3. The lowest BCUT2D eigenvalue weighted by Crippen LogP contribution is -2.30. The Morgan fingerprint density at radius 1 is 0.294 bits per heavy atom. The van der Waals surface area contributed by atoms with Gasteiger partial charge < -0.3 is 33.8 Å². The Kier molecular flexibility index (Phi) is 54.8. The molecule has 0 fully saturated rings. The van der Waals surface area contributed by atoms with Gasteiger partial charge in [0.2, 0.25) is 0 Å². The number of phosphoric ester groups is 2. The summed E-state index contributed by atoms with van der Waals surface area (Å²) >= 11 is 0. The molecule has 3 N–H and O–H groups in total. The number of hydrogen-bond acceptors (Lipinski definition) is 15. The summed E-state index contributed by atoms with van der Waals surface area (Å²) in [6.45, 7) is 14.0. The minimum Gasteiger partial charge on any atom is -0.462 e. The molecule has 0 rings (SSSR count). The van der Waals surface area contributed by atoms with Crippen LogP contribution in [0.3, 0.4) is 0 Å². The van der Waals surface area contributed by atoms with E-state index < -0.39 is 97.5 Å². The van der Waals surface area contributed by atoms with E-state index in [2.05, 4.69) is 55.4 Å². The molecule has 2 unspecified atom stereocenters. The van der Waals surface area contributed by atoms with E-state index in [1.807, 2.05) is 0 Å². The van der Waals surface area contributed by atoms with E-state index in [-0.39, 0.29) is 25.7 Å². The first-order chi connectivity index (χ1) is 40.6. The average molecular weight is 1260 g/mol. The van der Waals surface area contributed by atoms with E-state index in [9.17, 15) is 43.2 Å². The third-order valence-corrected chi connectivity index (χ3v) is 17.0. The van der Waals surface area contributed by atoms with E-state index in [1.54, 1.807) is 0 Å². The Hall–Kier alpha value is -1.94. The zero-order valence-electron chi connectivity index (χ0n) is 55.2. The van der Waals surface area contributed by atoms with Crippen molar-refractivity contribution in [2.45, 2.75) is 337 Å². The molecule has 0 bridgehead atoms. The fourth-order valence-corrected chi connectivity index (χ4v) is 11.4. The van der Waals surface area contributed by atoms with Crippen molar-refractivity contribution in [2.24, 2.45) is 23.7 Å². The lowest BCUT2D eigenvalue weighted by Gasteiger charge is -2.21. The van der Waals surface area contributed by atoms with Crippen LogP contribution in [-0.4, -0.2) is 96.7 Å². The van der Waals surface area contributed by atoms with Gasteiger partial charge >= 0.3 is 39.5 Å². The second kappa shape index (κ2) is 56.1. The number of aliphatic hydroxyl groups is 1. The van der Waals surface area contributed by atoms with Crippen molar-refractivity contribution in [1.82, 2.24) is 0 Å². The minimum absolute atomic E-state index is 0.103. The molecule has 0 spiro atoms. The fourth-order valence-electron chi connectivity index (χ4n) is 9.78. The van der Waals surface area contributed by atoms with Crippen molar-refractivity contribution in [2.75, 3.05) is 39.6 Å². The molecule has 0 saturated heterocycles. The molecule has 0 aromatic carbocycles. The standard InChI is InChI=1S/C66H128O17P2/c1-56(2)42-34-26-18-12-9-10-14-22-32-40-48-65(70)82-61(52-76-63(68)46-38-30-21-17-16-20-28-36-44-58(5)6)54-80-84(72,73)78-50-60(67)51-79-85(74,75)81-55-62(53-77-64(69)47-39-31-25-24-29-37-45-59(7)8)83-66(71)49-41-33-23-15-11-13-19-27-35-43-57(3)4/h56-62,67H,9-55H2,1-8H3,(H,72,73)(H,74,75)/t60-,61-,62-/m1/s1. The molecule has 0 aromatic rings. The minimum atomic E-state index is -4.95. The number of esters is 4. The lowest BCUT2D eigenvalue weighted by atomic mass is 10.0. The molecule has 0 saturated carbocycles. The maximum Gasteiger partial charge on any atom is 0.472 e. The first-order valence-corrected chi connectivity index (χ1v) is 37.2. The molecule has 19 heteroatoms. The summed E-state index contributed by atoms with van der Waals surface area (Å²) in [4.78, 5) is 72.3. The molecule has 0 amide bonds. The maximum absolute atomic E-state index is 13.0. The van der Waals surface area contributed by atoms with Crippen LogP contribution in [-0.2, 0) is 65.4 Å². The first-order valence-electron chi connectivity index (χ1n) is 34.2. The summed E-state index contributed by atoms with van der Waals surface area (Å²) in [5, 5.41) is 10.5. The summed E-state index contributed by atoms with van der Waals surface area (Å²) in [5.41, 5.74) is 0. The monoisotopic (exact) mass is 1250 g/mol. The SMILES string of the molecule is CC(C)CCCCCCCCCCCCC(=O)O[C@H](COC(=O)CCCCCCCCCCC(C)C)COP(=O)(O)OC[C@@H](O)COP(=O)(O)OC[C@@H](COC(=O)CCCCCCCCC(C)C)OC(=O)CCCCCCCCCCCC(C)C. The van der Waals surface area contributed by atoms with Crippen LogP contribution in [0.4, 0.5) is 0 Å². The van der Waals surface area contributed by atoms with Crippen LogP contribution in [0.15, 0.2) is 0 Å². The van der Waals surface area contributed by atoms with Crippen molar-refractivity contribution in [3.8, 4) is 0 Å². The smallest absolute Gasteiger partial charge is 0.462 e. The van der Waals surface area contributed by atoms with Gasteiger partial charge in [-0.25, -0.2) is 9.13 Å². The fraction of sp³-hybridized carbons (Fsp3) is 0.939. The highest BCUT2D eigenvalue weighted by atomic mass is 31.2. The zero-order valence-corrected chi connectivity index (χ0v) is 57.0. The first kappa shape index (κ1) is 83.1. The Labute approximate surface area is 517 Å². The molecule has 0 aromatic heterocycles. The van der Waals surface area contributed by atoms with Crippen LogP contribution >= 0.6 is 15.6 Å². The Balaban J connectivity index is 5.26. The van der Waals surface area contributed by atoms with Gasteiger partial charge in [0, 0.05) is 25.7 Å². The van der Waals surface area contributed by atoms with Crippen LogP contribution in [0, 0.1) is 23.7 Å². The molecule has 5 atom stereocenters. The van der Waals surface area contributed by atoms with Gasteiger partial charge in [-0.05, 0) is 49.4 Å². The van der Waals surface area contributed by atoms with Gasteiger partial charge in [-0.15, -0.1) is 0 Å². The van der Waals surface area contributed by atoms with Gasteiger partial charge in [0.05, 0.1) is 26.4 Å². The molecule has 0 radical (unpaired) electrons. The topological polar surface area (TPSA) is 237 Å². The third kappa shape index (κ3) is 60.7. The number of carbonyl (C=O) groups excluding carboxylic acids is 4. The number of phosphoric acid groups is 2. The van der Waals surface area contributed by atoms with Gasteiger partial charge in [-0.1, -0.05) is 267 Å². The van der Waals surface area contributed by atoms with Crippen LogP contribution in [0.25, 0.3) is 0 Å². The van der Waals surface area contributed by atoms with Gasteiger partial charge in [0.25, 0.3) is 0 Å². The van der Waals surface area contributed by atoms with Crippen LogP contribution < -0.4 is 0 Å². The summed E-state index contributed by atoms with van der Waals surface area (Å²) in [5.74, 6) is 0.757. The van der Waals surface area contributed by atoms with E-state index >= 15 is 0 Å². The van der Waals surface area contributed by atoms with Crippen molar-refractivity contribution < 1.29 is 80.2 Å². The van der Waals surface area contributed by atoms with Gasteiger partial charge in [0.15, 0.2) is 12.2 Å². The normalized spacial score (nSPS) is 14.4. The lowest BCUT2D eigenvalue weighted by molar-refractivity contribution is -0.161. The zero-order chi connectivity index (χ0) is 63.2. The maximum atomic E-state index is 13.0. The Bertz CT molecular complexity index is 1700.